The average molecular weight is 361 g/mol. The maximum absolute atomic E-state index is 11.3. The molecule has 0 saturated heterocycles. The predicted octanol–water partition coefficient (Wildman–Crippen LogP) is 2.94. The smallest absolute Gasteiger partial charge is 0.307 e. The molecule has 3 rings (SSSR count). The van der Waals surface area contributed by atoms with Gasteiger partial charge in [-0.3, -0.25) is 9.48 Å². The lowest BCUT2D eigenvalue weighted by atomic mass is 9.94. The predicted molar refractivity (Wildman–Crippen MR) is 101 cm³/mol. The van der Waals surface area contributed by atoms with Gasteiger partial charge in [0.05, 0.1) is 32.0 Å². The number of ether oxygens (including phenoxy) is 1. The van der Waals surface area contributed by atoms with Gasteiger partial charge in [-0.1, -0.05) is 30.3 Å². The van der Waals surface area contributed by atoms with Crippen molar-refractivity contribution >= 4 is 11.8 Å². The molecule has 0 aliphatic rings. The molecule has 3 aromatic rings. The summed E-state index contributed by atoms with van der Waals surface area (Å²) in [6, 6.07) is 11.8. The van der Waals surface area contributed by atoms with Gasteiger partial charge in [-0.2, -0.15) is 10.4 Å². The number of hydrogen-bond acceptors (Lipinski definition) is 6. The van der Waals surface area contributed by atoms with Crippen LogP contribution in [0.1, 0.15) is 17.5 Å². The van der Waals surface area contributed by atoms with Crippen molar-refractivity contribution in [2.45, 2.75) is 19.9 Å². The van der Waals surface area contributed by atoms with Crippen LogP contribution in [0.2, 0.25) is 0 Å². The van der Waals surface area contributed by atoms with Crippen molar-refractivity contribution in [3.05, 3.63) is 53.9 Å². The van der Waals surface area contributed by atoms with E-state index in [-0.39, 0.29) is 18.2 Å². The summed E-state index contributed by atoms with van der Waals surface area (Å²) in [5.74, 6) is -0.125. The highest BCUT2D eigenvalue weighted by Crippen LogP contribution is 2.35. The minimum atomic E-state index is -0.305. The highest BCUT2D eigenvalue weighted by molar-refractivity contribution is 5.83. The zero-order valence-corrected chi connectivity index (χ0v) is 15.1. The summed E-state index contributed by atoms with van der Waals surface area (Å²) >= 11 is 0. The molecule has 0 aliphatic carbocycles. The third-order valence-electron chi connectivity index (χ3n) is 4.32. The molecule has 0 unspecified atom stereocenters. The average Bonchev–Trinajstić information content (AvgIpc) is 3.16. The van der Waals surface area contributed by atoms with Gasteiger partial charge in [-0.05, 0) is 12.5 Å². The van der Waals surface area contributed by atoms with Crippen molar-refractivity contribution < 1.29 is 9.53 Å². The van der Waals surface area contributed by atoms with Gasteiger partial charge < -0.3 is 10.5 Å². The van der Waals surface area contributed by atoms with Gasteiger partial charge in [-0.25, -0.2) is 4.98 Å². The first-order chi connectivity index (χ1) is 13.0. The molecule has 2 heterocycles. The molecule has 7 nitrogen and oxygen atoms in total. The van der Waals surface area contributed by atoms with E-state index in [1.54, 1.807) is 17.1 Å². The zero-order valence-electron chi connectivity index (χ0n) is 15.1. The monoisotopic (exact) mass is 361 g/mol. The van der Waals surface area contributed by atoms with Crippen molar-refractivity contribution in [3.8, 4) is 28.5 Å². The molecule has 0 saturated carbocycles. The highest BCUT2D eigenvalue weighted by atomic mass is 16.5. The minimum Gasteiger partial charge on any atom is -0.469 e. The quantitative estimate of drug-likeness (QED) is 0.700. The molecule has 0 aliphatic heterocycles. The molecule has 0 bridgehead atoms. The minimum absolute atomic E-state index is 0.180. The second-order valence-electron chi connectivity index (χ2n) is 6.02. The van der Waals surface area contributed by atoms with Crippen LogP contribution in [0, 0.1) is 18.3 Å². The molecule has 2 aromatic heterocycles. The normalized spacial score (nSPS) is 10.4. The van der Waals surface area contributed by atoms with Crippen LogP contribution in [0.25, 0.3) is 22.4 Å². The fourth-order valence-corrected chi connectivity index (χ4v) is 2.97. The summed E-state index contributed by atoms with van der Waals surface area (Å²) in [5.41, 5.74) is 10.3. The van der Waals surface area contributed by atoms with E-state index in [9.17, 15) is 10.1 Å². The molecule has 0 spiro atoms. The topological polar surface area (TPSA) is 107 Å². The maximum atomic E-state index is 11.3. The lowest BCUT2D eigenvalue weighted by Crippen LogP contribution is -2.07. The van der Waals surface area contributed by atoms with Crippen LogP contribution >= 0.6 is 0 Å². The lowest BCUT2D eigenvalue weighted by molar-refractivity contribution is -0.140. The van der Waals surface area contributed by atoms with Crippen LogP contribution in [-0.4, -0.2) is 27.8 Å². The molecule has 7 heteroatoms. The fourth-order valence-electron chi connectivity index (χ4n) is 2.97. The number of aryl methyl sites for hydroxylation is 1. The van der Waals surface area contributed by atoms with Crippen molar-refractivity contribution in [1.29, 1.82) is 5.26 Å². The van der Waals surface area contributed by atoms with E-state index in [0.29, 0.717) is 17.7 Å². The fraction of sp³-hybridized carbons (Fsp3) is 0.200. The first-order valence-corrected chi connectivity index (χ1v) is 8.40. The third kappa shape index (κ3) is 3.65. The largest absolute Gasteiger partial charge is 0.469 e. The Hall–Kier alpha value is -3.66. The summed E-state index contributed by atoms with van der Waals surface area (Å²) in [6.45, 7) is 2.30. The number of nitrogens with zero attached hydrogens (tertiary/aromatic N) is 4. The molecule has 27 heavy (non-hydrogen) atoms. The molecule has 0 atom stereocenters. The molecular weight excluding hydrogens is 342 g/mol. The first-order valence-electron chi connectivity index (χ1n) is 8.40. The third-order valence-corrected chi connectivity index (χ3v) is 4.32. The Kier molecular flexibility index (Phi) is 5.18. The van der Waals surface area contributed by atoms with Crippen LogP contribution < -0.4 is 5.73 Å². The number of methoxy groups -OCH3 is 1. The van der Waals surface area contributed by atoms with Crippen LogP contribution in [0.5, 0.6) is 0 Å². The van der Waals surface area contributed by atoms with Gasteiger partial charge >= 0.3 is 5.97 Å². The molecule has 136 valence electrons. The summed E-state index contributed by atoms with van der Waals surface area (Å²) < 4.78 is 6.30. The second-order valence-corrected chi connectivity index (χ2v) is 6.02. The summed E-state index contributed by atoms with van der Waals surface area (Å²) in [4.78, 5) is 15.8. The van der Waals surface area contributed by atoms with E-state index < -0.39 is 0 Å². The zero-order chi connectivity index (χ0) is 19.4. The standard InChI is InChI=1S/C20H19N5O2/c1-13-18(15-11-23-25(12-15)9-8-17(26)27-2)16(10-21)20(22)24-19(13)14-6-4-3-5-7-14/h3-7,11-12H,8-9H2,1-2H3,(H2,22,24). The van der Waals surface area contributed by atoms with Gasteiger partial charge in [0.25, 0.3) is 0 Å². The van der Waals surface area contributed by atoms with Gasteiger partial charge in [0.1, 0.15) is 17.5 Å². The summed E-state index contributed by atoms with van der Waals surface area (Å²) in [5, 5.41) is 13.9. The van der Waals surface area contributed by atoms with Crippen LogP contribution in [0.15, 0.2) is 42.7 Å². The SMILES string of the molecule is COC(=O)CCn1cc(-c2c(C)c(-c3ccccc3)nc(N)c2C#N)cn1. The van der Waals surface area contributed by atoms with Crippen LogP contribution in [0.4, 0.5) is 5.82 Å². The number of aromatic nitrogens is 3. The van der Waals surface area contributed by atoms with Crippen molar-refractivity contribution in [2.24, 2.45) is 0 Å². The Bertz CT molecular complexity index is 1020. The van der Waals surface area contributed by atoms with Gasteiger partial charge in [-0.15, -0.1) is 0 Å². The number of rotatable bonds is 5. The molecular formula is C20H19N5O2. The van der Waals surface area contributed by atoms with Crippen molar-refractivity contribution in [1.82, 2.24) is 14.8 Å². The number of hydrogen-bond donors (Lipinski definition) is 1. The molecule has 1 aromatic carbocycles. The highest BCUT2D eigenvalue weighted by Gasteiger charge is 2.19. The van der Waals surface area contributed by atoms with E-state index in [4.69, 9.17) is 5.73 Å². The van der Waals surface area contributed by atoms with E-state index in [1.807, 2.05) is 37.3 Å². The number of pyridine rings is 1. The molecule has 0 fully saturated rings. The Morgan fingerprint density at radius 3 is 2.70 bits per heavy atom. The molecule has 2 N–H and O–H groups in total. The van der Waals surface area contributed by atoms with E-state index >= 15 is 0 Å². The summed E-state index contributed by atoms with van der Waals surface area (Å²) in [6.07, 6.45) is 3.67. The van der Waals surface area contributed by atoms with E-state index in [1.165, 1.54) is 7.11 Å². The number of nitriles is 1. The number of esters is 1. The maximum Gasteiger partial charge on any atom is 0.307 e. The second kappa shape index (κ2) is 7.70. The van der Waals surface area contributed by atoms with Crippen LogP contribution in [-0.2, 0) is 16.1 Å². The Labute approximate surface area is 157 Å². The van der Waals surface area contributed by atoms with Crippen molar-refractivity contribution in [3.63, 3.8) is 0 Å². The van der Waals surface area contributed by atoms with Gasteiger partial charge in [0, 0.05) is 22.9 Å². The number of carbonyl (C=O) groups excluding carboxylic acids is 1. The number of benzene rings is 1. The Morgan fingerprint density at radius 1 is 1.30 bits per heavy atom. The van der Waals surface area contributed by atoms with E-state index in [0.717, 1.165) is 22.4 Å². The lowest BCUT2D eigenvalue weighted by Gasteiger charge is -2.13. The summed E-state index contributed by atoms with van der Waals surface area (Å²) in [7, 11) is 1.35. The van der Waals surface area contributed by atoms with Crippen LogP contribution in [0.3, 0.4) is 0 Å². The number of carbonyl (C=O) groups is 1. The Balaban J connectivity index is 2.07. The first kappa shape index (κ1) is 18.1. The van der Waals surface area contributed by atoms with Gasteiger partial charge in [0.15, 0.2) is 0 Å². The van der Waals surface area contributed by atoms with Crippen molar-refractivity contribution in [2.75, 3.05) is 12.8 Å². The van der Waals surface area contributed by atoms with E-state index in [2.05, 4.69) is 20.9 Å². The Morgan fingerprint density at radius 2 is 2.04 bits per heavy atom. The number of nitrogens with two attached hydrogens (primary N) is 1. The molecule has 0 amide bonds. The number of anilines is 1. The molecule has 0 radical (unpaired) electrons. The van der Waals surface area contributed by atoms with Gasteiger partial charge in [0.2, 0.25) is 0 Å². The number of nitrogen functional groups attached to an aromatic ring is 1.